The first kappa shape index (κ1) is 12.9. The maximum atomic E-state index is 11.8. The number of nitrogens with one attached hydrogen (secondary N) is 2. The van der Waals surface area contributed by atoms with Crippen LogP contribution in [0.1, 0.15) is 0 Å². The number of carbonyl (C=O) groups is 1. The highest BCUT2D eigenvalue weighted by atomic mass is 16.5. The molecular weight excluding hydrogens is 230 g/mol. The van der Waals surface area contributed by atoms with Crippen LogP contribution in [0.15, 0.2) is 24.3 Å². The maximum Gasteiger partial charge on any atom is 0.238 e. The fraction of sp³-hybridized carbons (Fsp3) is 0.462. The summed E-state index contributed by atoms with van der Waals surface area (Å²) in [6.45, 7) is 4.21. The highest BCUT2D eigenvalue weighted by Gasteiger charge is 2.13. The lowest BCUT2D eigenvalue weighted by atomic mass is 10.3. The van der Waals surface area contributed by atoms with Crippen LogP contribution in [0, 0.1) is 0 Å². The largest absolute Gasteiger partial charge is 0.497 e. The van der Waals surface area contributed by atoms with E-state index >= 15 is 0 Å². The predicted molar refractivity (Wildman–Crippen MR) is 70.9 cm³/mol. The minimum Gasteiger partial charge on any atom is -0.497 e. The zero-order chi connectivity index (χ0) is 12.8. The van der Waals surface area contributed by atoms with Crippen molar-refractivity contribution in [2.75, 3.05) is 45.2 Å². The van der Waals surface area contributed by atoms with Crippen molar-refractivity contribution in [1.29, 1.82) is 0 Å². The van der Waals surface area contributed by atoms with Gasteiger partial charge in [0.1, 0.15) is 5.75 Å². The van der Waals surface area contributed by atoms with Crippen molar-refractivity contribution < 1.29 is 9.53 Å². The van der Waals surface area contributed by atoms with E-state index < -0.39 is 0 Å². The van der Waals surface area contributed by atoms with Crippen molar-refractivity contribution in [3.8, 4) is 5.75 Å². The monoisotopic (exact) mass is 249 g/mol. The second-order valence-corrected chi connectivity index (χ2v) is 4.30. The molecule has 0 bridgehead atoms. The highest BCUT2D eigenvalue weighted by Crippen LogP contribution is 2.14. The molecule has 0 saturated carbocycles. The first-order valence-corrected chi connectivity index (χ1v) is 6.15. The SMILES string of the molecule is COc1ccc(NC(=O)CN2CCNCC2)cc1. The van der Waals surface area contributed by atoms with Gasteiger partial charge in [0.15, 0.2) is 0 Å². The number of anilines is 1. The number of hydrogen-bond donors (Lipinski definition) is 2. The molecule has 2 N–H and O–H groups in total. The summed E-state index contributed by atoms with van der Waals surface area (Å²) in [6, 6.07) is 7.35. The van der Waals surface area contributed by atoms with Gasteiger partial charge in [-0.1, -0.05) is 0 Å². The molecule has 0 aromatic heterocycles. The Balaban J connectivity index is 1.82. The van der Waals surface area contributed by atoms with Crippen LogP contribution in [0.3, 0.4) is 0 Å². The standard InChI is InChI=1S/C13H19N3O2/c1-18-12-4-2-11(3-5-12)15-13(17)10-16-8-6-14-7-9-16/h2-5,14H,6-10H2,1H3,(H,15,17). The fourth-order valence-electron chi connectivity index (χ4n) is 1.95. The van der Waals surface area contributed by atoms with Gasteiger partial charge in [0.2, 0.25) is 5.91 Å². The Bertz CT molecular complexity index is 386. The molecule has 1 heterocycles. The molecule has 5 heteroatoms. The van der Waals surface area contributed by atoms with Crippen LogP contribution in [0.25, 0.3) is 0 Å². The highest BCUT2D eigenvalue weighted by molar-refractivity contribution is 5.92. The van der Waals surface area contributed by atoms with E-state index in [4.69, 9.17) is 4.74 Å². The molecule has 0 atom stereocenters. The summed E-state index contributed by atoms with van der Waals surface area (Å²) in [5.41, 5.74) is 0.802. The Kier molecular flexibility index (Phi) is 4.55. The van der Waals surface area contributed by atoms with Crippen molar-refractivity contribution in [2.24, 2.45) is 0 Å². The molecule has 2 rings (SSSR count). The van der Waals surface area contributed by atoms with Crippen LogP contribution in [0.2, 0.25) is 0 Å². The van der Waals surface area contributed by atoms with Gasteiger partial charge < -0.3 is 15.4 Å². The number of hydrogen-bond acceptors (Lipinski definition) is 4. The van der Waals surface area contributed by atoms with Crippen molar-refractivity contribution in [3.63, 3.8) is 0 Å². The van der Waals surface area contributed by atoms with Gasteiger partial charge in [-0.2, -0.15) is 0 Å². The van der Waals surface area contributed by atoms with Gasteiger partial charge in [-0.3, -0.25) is 9.69 Å². The quantitative estimate of drug-likeness (QED) is 0.818. The third-order valence-electron chi connectivity index (χ3n) is 2.95. The Labute approximate surface area is 107 Å². The summed E-state index contributed by atoms with van der Waals surface area (Å²) < 4.78 is 5.07. The van der Waals surface area contributed by atoms with Crippen LogP contribution in [0.4, 0.5) is 5.69 Å². The molecule has 0 unspecified atom stereocenters. The minimum absolute atomic E-state index is 0.0297. The van der Waals surface area contributed by atoms with Gasteiger partial charge in [-0.05, 0) is 24.3 Å². The van der Waals surface area contributed by atoms with E-state index in [0.717, 1.165) is 37.6 Å². The lowest BCUT2D eigenvalue weighted by Crippen LogP contribution is -2.46. The molecule has 0 aliphatic carbocycles. The number of benzene rings is 1. The zero-order valence-electron chi connectivity index (χ0n) is 10.6. The molecule has 5 nitrogen and oxygen atoms in total. The van der Waals surface area contributed by atoms with Crippen LogP contribution >= 0.6 is 0 Å². The van der Waals surface area contributed by atoms with E-state index in [1.54, 1.807) is 7.11 Å². The molecule has 0 radical (unpaired) electrons. The van der Waals surface area contributed by atoms with Gasteiger partial charge in [0.05, 0.1) is 13.7 Å². The molecule has 0 spiro atoms. The van der Waals surface area contributed by atoms with Crippen LogP contribution < -0.4 is 15.4 Å². The summed E-state index contributed by atoms with van der Waals surface area (Å²) in [5.74, 6) is 0.817. The normalized spacial score (nSPS) is 16.3. The molecular formula is C13H19N3O2. The molecule has 1 saturated heterocycles. The van der Waals surface area contributed by atoms with Crippen LogP contribution in [-0.4, -0.2) is 50.6 Å². The van der Waals surface area contributed by atoms with Crippen molar-refractivity contribution >= 4 is 11.6 Å². The molecule has 1 aromatic rings. The van der Waals surface area contributed by atoms with E-state index in [1.807, 2.05) is 24.3 Å². The first-order chi connectivity index (χ1) is 8.78. The minimum atomic E-state index is 0.0297. The Morgan fingerprint density at radius 3 is 2.61 bits per heavy atom. The average molecular weight is 249 g/mol. The Morgan fingerprint density at radius 2 is 2.00 bits per heavy atom. The van der Waals surface area contributed by atoms with E-state index in [-0.39, 0.29) is 5.91 Å². The summed E-state index contributed by atoms with van der Waals surface area (Å²) >= 11 is 0. The lowest BCUT2D eigenvalue weighted by Gasteiger charge is -2.26. The van der Waals surface area contributed by atoms with Crippen LogP contribution in [0.5, 0.6) is 5.75 Å². The molecule has 18 heavy (non-hydrogen) atoms. The number of ether oxygens (including phenoxy) is 1. The summed E-state index contributed by atoms with van der Waals surface area (Å²) in [5, 5.41) is 6.15. The topological polar surface area (TPSA) is 53.6 Å². The van der Waals surface area contributed by atoms with Crippen molar-refractivity contribution in [3.05, 3.63) is 24.3 Å². The second kappa shape index (κ2) is 6.37. The second-order valence-electron chi connectivity index (χ2n) is 4.30. The van der Waals surface area contributed by atoms with Crippen molar-refractivity contribution in [2.45, 2.75) is 0 Å². The molecule has 1 aliphatic rings. The predicted octanol–water partition coefficient (Wildman–Crippen LogP) is 0.539. The van der Waals surface area contributed by atoms with Gasteiger partial charge >= 0.3 is 0 Å². The van der Waals surface area contributed by atoms with E-state index in [0.29, 0.717) is 6.54 Å². The number of carbonyl (C=O) groups excluding carboxylic acids is 1. The van der Waals surface area contributed by atoms with Gasteiger partial charge in [-0.15, -0.1) is 0 Å². The summed E-state index contributed by atoms with van der Waals surface area (Å²) in [7, 11) is 1.62. The van der Waals surface area contributed by atoms with Gasteiger partial charge in [0.25, 0.3) is 0 Å². The van der Waals surface area contributed by atoms with Crippen LogP contribution in [-0.2, 0) is 4.79 Å². The number of rotatable bonds is 4. The number of piperazine rings is 1. The summed E-state index contributed by atoms with van der Waals surface area (Å²) in [4.78, 5) is 14.0. The lowest BCUT2D eigenvalue weighted by molar-refractivity contribution is -0.117. The first-order valence-electron chi connectivity index (χ1n) is 6.15. The molecule has 98 valence electrons. The Morgan fingerprint density at radius 1 is 1.33 bits per heavy atom. The molecule has 1 fully saturated rings. The van der Waals surface area contributed by atoms with Gasteiger partial charge in [0, 0.05) is 31.9 Å². The fourth-order valence-corrected chi connectivity index (χ4v) is 1.95. The van der Waals surface area contributed by atoms with E-state index in [9.17, 15) is 4.79 Å². The maximum absolute atomic E-state index is 11.8. The zero-order valence-corrected chi connectivity index (χ0v) is 10.6. The third kappa shape index (κ3) is 3.72. The van der Waals surface area contributed by atoms with E-state index in [1.165, 1.54) is 0 Å². The van der Waals surface area contributed by atoms with E-state index in [2.05, 4.69) is 15.5 Å². The average Bonchev–Trinajstić information content (AvgIpc) is 2.40. The third-order valence-corrected chi connectivity index (χ3v) is 2.95. The molecule has 1 aromatic carbocycles. The van der Waals surface area contributed by atoms with Gasteiger partial charge in [-0.25, -0.2) is 0 Å². The molecule has 1 aliphatic heterocycles. The number of nitrogens with zero attached hydrogens (tertiary/aromatic N) is 1. The number of amides is 1. The molecule has 1 amide bonds. The Hall–Kier alpha value is -1.59. The van der Waals surface area contributed by atoms with Crippen molar-refractivity contribution in [1.82, 2.24) is 10.2 Å². The summed E-state index contributed by atoms with van der Waals surface area (Å²) in [6.07, 6.45) is 0. The number of methoxy groups -OCH3 is 1. The smallest absolute Gasteiger partial charge is 0.238 e.